The third kappa shape index (κ3) is 9.32. The summed E-state index contributed by atoms with van der Waals surface area (Å²) in [6, 6.07) is 60.7. The molecule has 0 saturated heterocycles. The number of carbonyl (C=O) groups is 2. The Hall–Kier alpha value is -7.44. The Morgan fingerprint density at radius 3 is 0.948 bits per heavy atom. The zero-order valence-corrected chi connectivity index (χ0v) is 32.6. The van der Waals surface area contributed by atoms with Gasteiger partial charge in [-0.05, 0) is 121 Å². The van der Waals surface area contributed by atoms with Gasteiger partial charge in [-0.2, -0.15) is 0 Å². The predicted molar refractivity (Wildman–Crippen MR) is 238 cm³/mol. The van der Waals surface area contributed by atoms with E-state index in [0.717, 1.165) is 45.3 Å². The molecule has 0 saturated carbocycles. The fraction of sp³-hybridized carbons (Fsp3) is 0.0769. The molecule has 0 bridgehead atoms. The van der Waals surface area contributed by atoms with Crippen LogP contribution >= 0.6 is 0 Å². The molecular weight excluding hydrogens is 717 g/mol. The highest BCUT2D eigenvalue weighted by Gasteiger charge is 2.20. The molecule has 7 aromatic carbocycles. The molecule has 286 valence electrons. The lowest BCUT2D eigenvalue weighted by Gasteiger charge is -2.25. The van der Waals surface area contributed by atoms with Crippen molar-refractivity contribution in [2.75, 3.05) is 23.0 Å². The molecule has 0 atom stereocenters. The van der Waals surface area contributed by atoms with E-state index in [2.05, 4.69) is 82.6 Å². The van der Waals surface area contributed by atoms with E-state index in [0.29, 0.717) is 22.3 Å². The molecule has 0 radical (unpaired) electrons. The SMILES string of the molecule is CCOC(=O)c1cc(/C=C/c2ccc(N(c3ccccc3)c3ccccc3)cc2)c(C(=O)OCC)cc1/C=C/c1ccc(N(c2ccccc2)c2ccccc2)cc1. The molecule has 6 nitrogen and oxygen atoms in total. The number of carbonyl (C=O) groups excluding carboxylic acids is 2. The summed E-state index contributed by atoms with van der Waals surface area (Å²) in [7, 11) is 0. The zero-order chi connectivity index (χ0) is 40.1. The molecule has 7 rings (SSSR count). The Balaban J connectivity index is 1.19. The van der Waals surface area contributed by atoms with E-state index in [1.807, 2.05) is 121 Å². The topological polar surface area (TPSA) is 59.1 Å². The standard InChI is InChI=1S/C52H44N2O4/c1-3-57-51(55)49-37-42(32-26-40-29-35-48(36-30-40)54(45-21-13-7-14-22-45)46-23-15-8-16-24-46)50(52(56)58-4-2)38-41(49)31-25-39-27-33-47(34-28-39)53(43-17-9-5-10-18-43)44-19-11-6-12-20-44/h5-38H,3-4H2,1-2H3/b31-25+,32-26+. The molecule has 0 heterocycles. The summed E-state index contributed by atoms with van der Waals surface area (Å²) in [4.78, 5) is 31.3. The Morgan fingerprint density at radius 1 is 0.397 bits per heavy atom. The van der Waals surface area contributed by atoms with Crippen molar-refractivity contribution in [2.24, 2.45) is 0 Å². The summed E-state index contributed by atoms with van der Waals surface area (Å²) < 4.78 is 11.0. The Morgan fingerprint density at radius 2 is 0.672 bits per heavy atom. The van der Waals surface area contributed by atoms with Crippen LogP contribution in [-0.2, 0) is 9.47 Å². The Labute approximate surface area is 340 Å². The average Bonchev–Trinajstić information content (AvgIpc) is 3.27. The fourth-order valence-electron chi connectivity index (χ4n) is 6.72. The van der Waals surface area contributed by atoms with Gasteiger partial charge in [-0.3, -0.25) is 0 Å². The van der Waals surface area contributed by atoms with Crippen LogP contribution in [0.25, 0.3) is 24.3 Å². The molecule has 0 aliphatic carbocycles. The Kier molecular flexibility index (Phi) is 12.7. The van der Waals surface area contributed by atoms with E-state index < -0.39 is 11.9 Å². The largest absolute Gasteiger partial charge is 0.462 e. The number of nitrogens with zero attached hydrogens (tertiary/aromatic N) is 2. The predicted octanol–water partition coefficient (Wildman–Crippen LogP) is 13.3. The van der Waals surface area contributed by atoms with Crippen molar-refractivity contribution in [3.05, 3.63) is 215 Å². The monoisotopic (exact) mass is 760 g/mol. The minimum atomic E-state index is -0.477. The molecule has 0 N–H and O–H groups in total. The van der Waals surface area contributed by atoms with Gasteiger partial charge in [-0.1, -0.05) is 121 Å². The lowest BCUT2D eigenvalue weighted by Crippen LogP contribution is -2.12. The van der Waals surface area contributed by atoms with Gasteiger partial charge in [-0.15, -0.1) is 0 Å². The van der Waals surface area contributed by atoms with Crippen molar-refractivity contribution in [3.63, 3.8) is 0 Å². The third-order valence-corrected chi connectivity index (χ3v) is 9.48. The van der Waals surface area contributed by atoms with Crippen molar-refractivity contribution in [2.45, 2.75) is 13.8 Å². The molecule has 6 heteroatoms. The van der Waals surface area contributed by atoms with Crippen LogP contribution in [0.4, 0.5) is 34.1 Å². The van der Waals surface area contributed by atoms with Crippen LogP contribution in [0.1, 0.15) is 56.8 Å². The second-order valence-electron chi connectivity index (χ2n) is 13.3. The normalized spacial score (nSPS) is 11.1. The first-order chi connectivity index (χ1) is 28.5. The molecule has 0 spiro atoms. The van der Waals surface area contributed by atoms with Crippen LogP contribution in [0, 0.1) is 0 Å². The van der Waals surface area contributed by atoms with Crippen molar-refractivity contribution in [3.8, 4) is 0 Å². The number of esters is 2. The van der Waals surface area contributed by atoms with Crippen molar-refractivity contribution in [1.29, 1.82) is 0 Å². The number of anilines is 6. The van der Waals surface area contributed by atoms with E-state index in [1.54, 1.807) is 26.0 Å². The lowest BCUT2D eigenvalue weighted by molar-refractivity contribution is 0.0511. The first-order valence-corrected chi connectivity index (χ1v) is 19.4. The first-order valence-electron chi connectivity index (χ1n) is 19.4. The summed E-state index contributed by atoms with van der Waals surface area (Å²) in [6.45, 7) is 3.97. The number of ether oxygens (including phenoxy) is 2. The van der Waals surface area contributed by atoms with E-state index in [-0.39, 0.29) is 13.2 Å². The highest BCUT2D eigenvalue weighted by molar-refractivity contribution is 6.01. The zero-order valence-electron chi connectivity index (χ0n) is 32.6. The van der Waals surface area contributed by atoms with Gasteiger partial charge in [0.05, 0.1) is 24.3 Å². The van der Waals surface area contributed by atoms with Gasteiger partial charge >= 0.3 is 11.9 Å². The van der Waals surface area contributed by atoms with Crippen molar-refractivity contribution in [1.82, 2.24) is 0 Å². The second kappa shape index (κ2) is 18.9. The third-order valence-electron chi connectivity index (χ3n) is 9.48. The van der Waals surface area contributed by atoms with Gasteiger partial charge in [0.1, 0.15) is 0 Å². The van der Waals surface area contributed by atoms with Crippen LogP contribution in [-0.4, -0.2) is 25.2 Å². The van der Waals surface area contributed by atoms with E-state index in [1.165, 1.54) is 0 Å². The number of hydrogen-bond donors (Lipinski definition) is 0. The first kappa shape index (κ1) is 38.8. The molecule has 58 heavy (non-hydrogen) atoms. The maximum atomic E-state index is 13.4. The molecule has 0 unspecified atom stereocenters. The molecular formula is C52H44N2O4. The summed E-state index contributed by atoms with van der Waals surface area (Å²) in [5.41, 5.74) is 9.82. The second-order valence-corrected chi connectivity index (χ2v) is 13.3. The smallest absolute Gasteiger partial charge is 0.338 e. The minimum absolute atomic E-state index is 0.211. The van der Waals surface area contributed by atoms with Crippen LogP contribution < -0.4 is 9.80 Å². The van der Waals surface area contributed by atoms with Gasteiger partial charge in [-0.25, -0.2) is 9.59 Å². The molecule has 7 aromatic rings. The molecule has 0 amide bonds. The van der Waals surface area contributed by atoms with Crippen molar-refractivity contribution >= 4 is 70.4 Å². The van der Waals surface area contributed by atoms with Crippen LogP contribution in [0.2, 0.25) is 0 Å². The average molecular weight is 761 g/mol. The van der Waals surface area contributed by atoms with E-state index >= 15 is 0 Å². The highest BCUT2D eigenvalue weighted by atomic mass is 16.5. The van der Waals surface area contributed by atoms with Gasteiger partial charge in [0.15, 0.2) is 0 Å². The highest BCUT2D eigenvalue weighted by Crippen LogP contribution is 2.36. The van der Waals surface area contributed by atoms with Crippen molar-refractivity contribution < 1.29 is 19.1 Å². The van der Waals surface area contributed by atoms with Gasteiger partial charge in [0.25, 0.3) is 0 Å². The molecule has 0 aliphatic rings. The molecule has 0 aromatic heterocycles. The minimum Gasteiger partial charge on any atom is -0.462 e. The van der Waals surface area contributed by atoms with Gasteiger partial charge < -0.3 is 19.3 Å². The number of benzene rings is 7. The summed E-state index contributed by atoms with van der Waals surface area (Å²) in [5, 5.41) is 0. The van der Waals surface area contributed by atoms with E-state index in [9.17, 15) is 9.59 Å². The maximum absolute atomic E-state index is 13.4. The van der Waals surface area contributed by atoms with Gasteiger partial charge in [0, 0.05) is 34.1 Å². The van der Waals surface area contributed by atoms with Crippen LogP contribution in [0.5, 0.6) is 0 Å². The van der Waals surface area contributed by atoms with Crippen LogP contribution in [0.3, 0.4) is 0 Å². The van der Waals surface area contributed by atoms with E-state index in [4.69, 9.17) is 9.47 Å². The summed E-state index contributed by atoms with van der Waals surface area (Å²) in [5.74, 6) is -0.953. The summed E-state index contributed by atoms with van der Waals surface area (Å²) >= 11 is 0. The fourth-order valence-corrected chi connectivity index (χ4v) is 6.72. The number of para-hydroxylation sites is 4. The van der Waals surface area contributed by atoms with Gasteiger partial charge in [0.2, 0.25) is 0 Å². The number of rotatable bonds is 14. The van der Waals surface area contributed by atoms with Crippen LogP contribution in [0.15, 0.2) is 182 Å². The molecule has 0 aliphatic heterocycles. The maximum Gasteiger partial charge on any atom is 0.338 e. The Bertz CT molecular complexity index is 2230. The lowest BCUT2D eigenvalue weighted by atomic mass is 9.96. The summed E-state index contributed by atoms with van der Waals surface area (Å²) in [6.07, 6.45) is 7.54. The quantitative estimate of drug-likeness (QED) is 0.0813. The molecule has 0 fully saturated rings. The number of hydrogen-bond acceptors (Lipinski definition) is 6.